The smallest absolute Gasteiger partial charge is 0.305 e. The zero-order valence-electron chi connectivity index (χ0n) is 28.0. The molecule has 1 aliphatic carbocycles. The molecular weight excluding hydrogens is 661 g/mol. The van der Waals surface area contributed by atoms with E-state index >= 15 is 0 Å². The summed E-state index contributed by atoms with van der Waals surface area (Å²) in [5, 5.41) is 27.2. The molecule has 5 N–H and O–H groups in total. The molecule has 3 atom stereocenters. The van der Waals surface area contributed by atoms with Crippen LogP contribution in [-0.4, -0.2) is 106 Å². The third-order valence-corrected chi connectivity index (χ3v) is 9.24. The van der Waals surface area contributed by atoms with Gasteiger partial charge in [-0.15, -0.1) is 11.3 Å². The third kappa shape index (κ3) is 10.2. The topological polar surface area (TPSA) is 196 Å². The van der Waals surface area contributed by atoms with Gasteiger partial charge in [0.15, 0.2) is 12.3 Å². The number of nitrogens with zero attached hydrogens (tertiary/aromatic N) is 2. The van der Waals surface area contributed by atoms with Crippen molar-refractivity contribution in [3.8, 4) is 16.2 Å². The molecule has 16 heteroatoms. The number of ether oxygens (including phenoxy) is 2. The lowest BCUT2D eigenvalue weighted by molar-refractivity contribution is -0.145. The number of aromatic nitrogens is 1. The summed E-state index contributed by atoms with van der Waals surface area (Å²) in [7, 11) is 0. The molecule has 2 aliphatic rings. The molecule has 0 bridgehead atoms. The Hall–Kier alpha value is -4.15. The van der Waals surface area contributed by atoms with Crippen LogP contribution in [0.25, 0.3) is 10.4 Å². The van der Waals surface area contributed by atoms with Gasteiger partial charge in [0.05, 0.1) is 41.8 Å². The maximum atomic E-state index is 14.5. The predicted octanol–water partition coefficient (Wildman–Crippen LogP) is 1.72. The number of carbonyl (C=O) groups is 5. The molecule has 1 aromatic carbocycles. The highest BCUT2D eigenvalue weighted by Crippen LogP contribution is 2.40. The molecule has 2 aromatic rings. The number of rotatable bonds is 16. The lowest BCUT2D eigenvalue weighted by atomic mass is 9.85. The average Bonchev–Trinajstić information content (AvgIpc) is 3.45. The number of aliphatic hydroxyl groups excluding tert-OH is 1. The van der Waals surface area contributed by atoms with Gasteiger partial charge in [0.25, 0.3) is 11.8 Å². The summed E-state index contributed by atoms with van der Waals surface area (Å²) in [4.78, 5) is 69.3. The van der Waals surface area contributed by atoms with Crippen LogP contribution in [0.3, 0.4) is 0 Å². The molecule has 2 heterocycles. The number of aliphatic hydroxyl groups is 1. The fourth-order valence-corrected chi connectivity index (χ4v) is 6.09. The first kappa shape index (κ1) is 37.7. The van der Waals surface area contributed by atoms with Crippen LogP contribution in [0.15, 0.2) is 23.7 Å². The number of β-amino-alcohol motifs (C(OH)–C–C–N with tert-alkyl or cyclic N) is 1. The van der Waals surface area contributed by atoms with Crippen molar-refractivity contribution in [2.45, 2.75) is 83.8 Å². The monoisotopic (exact) mass is 705 g/mol. The number of benzene rings is 1. The van der Waals surface area contributed by atoms with Crippen LogP contribution in [0.2, 0.25) is 0 Å². The summed E-state index contributed by atoms with van der Waals surface area (Å²) < 4.78 is 25.6. The van der Waals surface area contributed by atoms with Gasteiger partial charge in [-0.1, -0.05) is 32.9 Å². The number of likely N-dealkylation sites (tertiary alicyclic amines) is 1. The number of aliphatic carboxylic acids is 1. The van der Waals surface area contributed by atoms with E-state index in [1.165, 1.54) is 16.2 Å². The van der Waals surface area contributed by atoms with Crippen LogP contribution in [0.4, 0.5) is 4.39 Å². The Bertz CT molecular complexity index is 1540. The van der Waals surface area contributed by atoms with Crippen LogP contribution >= 0.6 is 11.3 Å². The standard InChI is InChI=1S/C33H44FN5O9S/c1-19-27(49-18-37-19)20-5-6-21(24(13-20)48-17-25(41)35-10-12-47-11-7-26(42)43)15-36-29(44)23-14-22(40)16-39(23)30(45)28(32(2,3)4)38-31(46)33(34)8-9-33/h5-6,13,18,22-23,28,40H,7-12,14-17H2,1-4H3,(H,35,41)(H,36,44)(H,38,46)(H,42,43)/t22-,23+,28-/m1/s1. The SMILES string of the molecule is Cc1ncsc1-c1ccc(CNC(=O)[C@@H]2C[C@@H](O)CN2C(=O)[C@@H](NC(=O)C2(F)CC2)C(C)(C)C)c(OCC(=O)NCCOCCC(=O)O)c1. The van der Waals surface area contributed by atoms with Gasteiger partial charge in [-0.3, -0.25) is 24.0 Å². The van der Waals surface area contributed by atoms with Crippen LogP contribution in [-0.2, 0) is 35.3 Å². The number of carboxylic acid groups (broad SMARTS) is 1. The number of aryl methyl sites for hydroxylation is 1. The lowest BCUT2D eigenvalue weighted by Crippen LogP contribution is -2.59. The Labute approximate surface area is 287 Å². The molecule has 0 radical (unpaired) electrons. The number of halogens is 1. The van der Waals surface area contributed by atoms with Crippen LogP contribution in [0, 0.1) is 12.3 Å². The molecule has 4 amide bonds. The summed E-state index contributed by atoms with van der Waals surface area (Å²) in [5.41, 5.74) is 1.06. The molecular formula is C33H44FN5O9S. The van der Waals surface area contributed by atoms with E-state index in [-0.39, 0.29) is 65.1 Å². The Morgan fingerprint density at radius 2 is 1.90 bits per heavy atom. The zero-order chi connectivity index (χ0) is 35.9. The summed E-state index contributed by atoms with van der Waals surface area (Å²) in [6.07, 6.45) is -0.970. The minimum atomic E-state index is -1.99. The van der Waals surface area contributed by atoms with Crippen molar-refractivity contribution in [1.82, 2.24) is 25.8 Å². The molecule has 1 saturated heterocycles. The molecule has 2 fully saturated rings. The first-order valence-corrected chi connectivity index (χ1v) is 17.0. The molecule has 0 unspecified atom stereocenters. The van der Waals surface area contributed by atoms with Gasteiger partial charge in [0, 0.05) is 31.6 Å². The van der Waals surface area contributed by atoms with Crippen molar-refractivity contribution in [1.29, 1.82) is 0 Å². The fraction of sp³-hybridized carbons (Fsp3) is 0.576. The Kier molecular flexibility index (Phi) is 12.3. The second-order valence-corrected chi connectivity index (χ2v) is 14.2. The maximum absolute atomic E-state index is 14.5. The summed E-state index contributed by atoms with van der Waals surface area (Å²) in [5.74, 6) is -3.08. The van der Waals surface area contributed by atoms with E-state index in [0.29, 0.717) is 11.3 Å². The first-order chi connectivity index (χ1) is 23.1. The number of hydrogen-bond donors (Lipinski definition) is 5. The van der Waals surface area contributed by atoms with Gasteiger partial charge in [-0.05, 0) is 36.8 Å². The van der Waals surface area contributed by atoms with Crippen LogP contribution < -0.4 is 20.7 Å². The van der Waals surface area contributed by atoms with Gasteiger partial charge in [-0.2, -0.15) is 0 Å². The normalized spacial score (nSPS) is 18.8. The van der Waals surface area contributed by atoms with E-state index in [1.54, 1.807) is 38.4 Å². The number of alkyl halides is 1. The quantitative estimate of drug-likeness (QED) is 0.161. The van der Waals surface area contributed by atoms with E-state index in [0.717, 1.165) is 16.1 Å². The van der Waals surface area contributed by atoms with E-state index in [2.05, 4.69) is 20.9 Å². The van der Waals surface area contributed by atoms with Crippen LogP contribution in [0.5, 0.6) is 5.75 Å². The minimum Gasteiger partial charge on any atom is -0.483 e. The van der Waals surface area contributed by atoms with E-state index in [9.17, 15) is 33.5 Å². The maximum Gasteiger partial charge on any atom is 0.305 e. The molecule has 1 aliphatic heterocycles. The molecule has 49 heavy (non-hydrogen) atoms. The van der Waals surface area contributed by atoms with Crippen molar-refractivity contribution in [3.63, 3.8) is 0 Å². The van der Waals surface area contributed by atoms with Crippen molar-refractivity contribution in [2.24, 2.45) is 5.41 Å². The highest BCUT2D eigenvalue weighted by molar-refractivity contribution is 7.13. The number of amides is 4. The van der Waals surface area contributed by atoms with Gasteiger partial charge in [0.2, 0.25) is 11.8 Å². The Balaban J connectivity index is 1.43. The van der Waals surface area contributed by atoms with Gasteiger partial charge in [-0.25, -0.2) is 9.37 Å². The number of carboxylic acids is 1. The van der Waals surface area contributed by atoms with Crippen molar-refractivity contribution < 1.29 is 48.0 Å². The molecule has 268 valence electrons. The van der Waals surface area contributed by atoms with Gasteiger partial charge >= 0.3 is 5.97 Å². The van der Waals surface area contributed by atoms with Crippen molar-refractivity contribution >= 4 is 40.9 Å². The molecule has 14 nitrogen and oxygen atoms in total. The summed E-state index contributed by atoms with van der Waals surface area (Å²) >= 11 is 1.44. The highest BCUT2D eigenvalue weighted by atomic mass is 32.1. The molecule has 0 spiro atoms. The average molecular weight is 706 g/mol. The van der Waals surface area contributed by atoms with Crippen LogP contribution in [0.1, 0.15) is 57.7 Å². The van der Waals surface area contributed by atoms with E-state index in [4.69, 9.17) is 14.6 Å². The number of nitrogens with one attached hydrogen (secondary N) is 3. The number of carbonyl (C=O) groups excluding carboxylic acids is 4. The summed E-state index contributed by atoms with van der Waals surface area (Å²) in [6, 6.07) is 3.16. The van der Waals surface area contributed by atoms with Crippen molar-refractivity contribution in [2.75, 3.05) is 32.9 Å². The Morgan fingerprint density at radius 3 is 2.53 bits per heavy atom. The number of thiazole rings is 1. The molecule has 1 saturated carbocycles. The molecule has 4 rings (SSSR count). The minimum absolute atomic E-state index is 0.0252. The third-order valence-electron chi connectivity index (χ3n) is 8.26. The second kappa shape index (κ2) is 16.0. The number of hydrogen-bond acceptors (Lipinski definition) is 10. The fourth-order valence-electron chi connectivity index (χ4n) is 5.29. The molecule has 1 aromatic heterocycles. The lowest BCUT2D eigenvalue weighted by Gasteiger charge is -2.35. The van der Waals surface area contributed by atoms with E-state index < -0.39 is 58.9 Å². The largest absolute Gasteiger partial charge is 0.483 e. The Morgan fingerprint density at radius 1 is 1.16 bits per heavy atom. The highest BCUT2D eigenvalue weighted by Gasteiger charge is 2.53. The van der Waals surface area contributed by atoms with Gasteiger partial charge < -0.3 is 40.5 Å². The second-order valence-electron chi connectivity index (χ2n) is 13.3. The predicted molar refractivity (Wildman–Crippen MR) is 176 cm³/mol. The first-order valence-electron chi connectivity index (χ1n) is 16.1. The van der Waals surface area contributed by atoms with E-state index in [1.807, 2.05) is 13.0 Å². The zero-order valence-corrected chi connectivity index (χ0v) is 28.9. The van der Waals surface area contributed by atoms with Crippen molar-refractivity contribution in [3.05, 3.63) is 35.0 Å². The summed E-state index contributed by atoms with van der Waals surface area (Å²) in [6.45, 7) is 6.85. The van der Waals surface area contributed by atoms with Gasteiger partial charge in [0.1, 0.15) is 17.8 Å².